The molecule has 2 saturated heterocycles. The maximum absolute atomic E-state index is 13.7. The van der Waals surface area contributed by atoms with Crippen molar-refractivity contribution >= 4 is 40.3 Å². The van der Waals surface area contributed by atoms with Crippen LogP contribution in [0.3, 0.4) is 0 Å². The van der Waals surface area contributed by atoms with Gasteiger partial charge >= 0.3 is 6.03 Å². The fourth-order valence-electron chi connectivity index (χ4n) is 5.66. The van der Waals surface area contributed by atoms with Crippen molar-refractivity contribution in [3.63, 3.8) is 0 Å². The topological polar surface area (TPSA) is 106 Å². The summed E-state index contributed by atoms with van der Waals surface area (Å²) in [6, 6.07) is 14.5. The summed E-state index contributed by atoms with van der Waals surface area (Å²) in [5.74, 6) is 0.752. The average molecular weight is 539 g/mol. The van der Waals surface area contributed by atoms with E-state index < -0.39 is 12.0 Å². The van der Waals surface area contributed by atoms with E-state index in [0.29, 0.717) is 43.5 Å². The standard InChI is InChI=1S/C28H35ClN6O3/c1-38-14-6-13-35-25-11-3-2-10-24(25)32-26(35)19-7-5-12-33(16-19)27(36)22-17-34(18-23(22)30)28(37)31-21-9-4-8-20(29)15-21/h2-4,8-11,15,19,22-23H,5-7,12-14,16-18,30H2,1H3,(H,31,37)/t19?,22-,23-/m1/s1. The summed E-state index contributed by atoms with van der Waals surface area (Å²) in [6.07, 6.45) is 2.77. The third kappa shape index (κ3) is 5.65. The Morgan fingerprint density at radius 3 is 2.79 bits per heavy atom. The van der Waals surface area contributed by atoms with Gasteiger partial charge in [0.15, 0.2) is 0 Å². The fourth-order valence-corrected chi connectivity index (χ4v) is 5.85. The summed E-state index contributed by atoms with van der Waals surface area (Å²) in [6.45, 7) is 3.42. The Kier molecular flexibility index (Phi) is 8.16. The Morgan fingerprint density at radius 2 is 1.97 bits per heavy atom. The number of halogens is 1. The number of imidazole rings is 1. The molecule has 2 aromatic carbocycles. The number of nitrogens with two attached hydrogens (primary N) is 1. The van der Waals surface area contributed by atoms with Crippen LogP contribution in [-0.4, -0.2) is 77.2 Å². The minimum absolute atomic E-state index is 0.0160. The summed E-state index contributed by atoms with van der Waals surface area (Å²) < 4.78 is 7.57. The van der Waals surface area contributed by atoms with Crippen LogP contribution in [0.25, 0.3) is 11.0 Å². The number of nitrogens with one attached hydrogen (secondary N) is 1. The van der Waals surface area contributed by atoms with E-state index in [-0.39, 0.29) is 17.9 Å². The van der Waals surface area contributed by atoms with Crippen LogP contribution < -0.4 is 11.1 Å². The highest BCUT2D eigenvalue weighted by atomic mass is 35.5. The highest BCUT2D eigenvalue weighted by Crippen LogP contribution is 2.31. The number of methoxy groups -OCH3 is 1. The Morgan fingerprint density at radius 1 is 1.13 bits per heavy atom. The van der Waals surface area contributed by atoms with Gasteiger partial charge in [0.1, 0.15) is 5.82 Å². The largest absolute Gasteiger partial charge is 0.385 e. The van der Waals surface area contributed by atoms with E-state index >= 15 is 0 Å². The third-order valence-electron chi connectivity index (χ3n) is 7.56. The van der Waals surface area contributed by atoms with Gasteiger partial charge in [0.2, 0.25) is 5.91 Å². The molecule has 1 unspecified atom stereocenters. The number of carbonyl (C=O) groups is 2. The molecule has 0 bridgehead atoms. The summed E-state index contributed by atoms with van der Waals surface area (Å²) in [5.41, 5.74) is 9.10. The molecule has 9 nitrogen and oxygen atoms in total. The smallest absolute Gasteiger partial charge is 0.321 e. The Labute approximate surface area is 227 Å². The number of urea groups is 1. The molecule has 38 heavy (non-hydrogen) atoms. The van der Waals surface area contributed by atoms with Crippen LogP contribution in [0.2, 0.25) is 5.02 Å². The molecule has 0 radical (unpaired) electrons. The molecule has 3 N–H and O–H groups in total. The molecular formula is C28H35ClN6O3. The normalized spacial score (nSPS) is 21.7. The number of para-hydroxylation sites is 2. The predicted octanol–water partition coefficient (Wildman–Crippen LogP) is 3.92. The minimum atomic E-state index is -0.431. The lowest BCUT2D eigenvalue weighted by Gasteiger charge is -2.35. The molecule has 2 aliphatic heterocycles. The summed E-state index contributed by atoms with van der Waals surface area (Å²) in [7, 11) is 1.72. The molecule has 0 spiro atoms. The molecule has 5 rings (SSSR count). The quantitative estimate of drug-likeness (QED) is 0.443. The van der Waals surface area contributed by atoms with Gasteiger partial charge < -0.3 is 30.2 Å². The zero-order valence-corrected chi connectivity index (χ0v) is 22.4. The number of rotatable bonds is 7. The first kappa shape index (κ1) is 26.5. The molecule has 3 aromatic rings. The monoisotopic (exact) mass is 538 g/mol. The number of hydrogen-bond donors (Lipinski definition) is 2. The van der Waals surface area contributed by atoms with Crippen molar-refractivity contribution < 1.29 is 14.3 Å². The van der Waals surface area contributed by atoms with Gasteiger partial charge in [0.05, 0.1) is 17.0 Å². The number of aryl methyl sites for hydroxylation is 1. The van der Waals surface area contributed by atoms with Gasteiger partial charge in [-0.05, 0) is 49.6 Å². The van der Waals surface area contributed by atoms with Crippen LogP contribution in [0.15, 0.2) is 48.5 Å². The molecule has 10 heteroatoms. The molecular weight excluding hydrogens is 504 g/mol. The van der Waals surface area contributed by atoms with Crippen molar-refractivity contribution in [3.05, 3.63) is 59.4 Å². The lowest BCUT2D eigenvalue weighted by Crippen LogP contribution is -2.47. The maximum atomic E-state index is 13.7. The molecule has 2 fully saturated rings. The molecule has 3 heterocycles. The summed E-state index contributed by atoms with van der Waals surface area (Å²) in [4.78, 5) is 35.0. The van der Waals surface area contributed by atoms with E-state index in [4.69, 9.17) is 27.1 Å². The Bertz CT molecular complexity index is 1300. The minimum Gasteiger partial charge on any atom is -0.385 e. The molecule has 0 saturated carbocycles. The van der Waals surface area contributed by atoms with E-state index in [2.05, 4.69) is 16.0 Å². The van der Waals surface area contributed by atoms with Gasteiger partial charge in [0, 0.05) is 69.1 Å². The molecule has 1 aromatic heterocycles. The van der Waals surface area contributed by atoms with Gasteiger partial charge in [-0.15, -0.1) is 0 Å². The number of hydrogen-bond acceptors (Lipinski definition) is 5. The number of anilines is 1. The van der Waals surface area contributed by atoms with Gasteiger partial charge in [-0.2, -0.15) is 0 Å². The van der Waals surface area contributed by atoms with Crippen molar-refractivity contribution in [2.45, 2.75) is 37.8 Å². The van der Waals surface area contributed by atoms with Crippen molar-refractivity contribution in [1.29, 1.82) is 0 Å². The summed E-state index contributed by atoms with van der Waals surface area (Å²) >= 11 is 6.04. The van der Waals surface area contributed by atoms with Crippen LogP contribution >= 0.6 is 11.6 Å². The van der Waals surface area contributed by atoms with Crippen LogP contribution in [0.1, 0.15) is 31.0 Å². The second-order valence-corrected chi connectivity index (χ2v) is 10.6. The van der Waals surface area contributed by atoms with Crippen LogP contribution in [0, 0.1) is 5.92 Å². The van der Waals surface area contributed by atoms with E-state index in [1.54, 1.807) is 36.3 Å². The third-order valence-corrected chi connectivity index (χ3v) is 7.79. The highest BCUT2D eigenvalue weighted by molar-refractivity contribution is 6.30. The lowest BCUT2D eigenvalue weighted by molar-refractivity contribution is -0.136. The number of benzene rings is 2. The second kappa shape index (κ2) is 11.7. The van der Waals surface area contributed by atoms with Crippen LogP contribution in [0.5, 0.6) is 0 Å². The number of fused-ring (bicyclic) bond motifs is 1. The number of nitrogens with zero attached hydrogens (tertiary/aromatic N) is 4. The van der Waals surface area contributed by atoms with Crippen LogP contribution in [-0.2, 0) is 16.1 Å². The fraction of sp³-hybridized carbons (Fsp3) is 0.464. The van der Waals surface area contributed by atoms with Crippen molar-refractivity contribution in [1.82, 2.24) is 19.4 Å². The Hall–Kier alpha value is -3.14. The number of likely N-dealkylation sites (tertiary alicyclic amines) is 2. The van der Waals surface area contributed by atoms with Gasteiger partial charge in [-0.25, -0.2) is 9.78 Å². The molecule has 3 atom stereocenters. The van der Waals surface area contributed by atoms with E-state index in [1.807, 2.05) is 23.1 Å². The zero-order valence-electron chi connectivity index (χ0n) is 21.7. The van der Waals surface area contributed by atoms with E-state index in [9.17, 15) is 9.59 Å². The molecule has 2 aliphatic rings. The predicted molar refractivity (Wildman–Crippen MR) is 148 cm³/mol. The average Bonchev–Trinajstić information content (AvgIpc) is 3.49. The van der Waals surface area contributed by atoms with Crippen molar-refractivity contribution in [2.75, 3.05) is 45.2 Å². The lowest BCUT2D eigenvalue weighted by atomic mass is 9.94. The number of amides is 3. The number of ether oxygens (including phenoxy) is 1. The highest BCUT2D eigenvalue weighted by Gasteiger charge is 2.41. The number of aromatic nitrogens is 2. The Balaban J connectivity index is 1.27. The number of piperidine rings is 1. The SMILES string of the molecule is COCCCn1c(C2CCCN(C(=O)[C@@H]3CN(C(=O)Nc4cccc(Cl)c4)C[C@H]3N)C2)nc2ccccc21. The molecule has 3 amide bonds. The summed E-state index contributed by atoms with van der Waals surface area (Å²) in [5, 5.41) is 3.40. The van der Waals surface area contributed by atoms with E-state index in [0.717, 1.165) is 42.7 Å². The maximum Gasteiger partial charge on any atom is 0.321 e. The van der Waals surface area contributed by atoms with Gasteiger partial charge in [-0.3, -0.25) is 4.79 Å². The van der Waals surface area contributed by atoms with Crippen LogP contribution in [0.4, 0.5) is 10.5 Å². The van der Waals surface area contributed by atoms with Gasteiger partial charge in [-0.1, -0.05) is 29.8 Å². The van der Waals surface area contributed by atoms with Crippen molar-refractivity contribution in [3.8, 4) is 0 Å². The van der Waals surface area contributed by atoms with Crippen molar-refractivity contribution in [2.24, 2.45) is 11.7 Å². The first-order valence-corrected chi connectivity index (χ1v) is 13.6. The molecule has 202 valence electrons. The molecule has 0 aliphatic carbocycles. The number of carbonyl (C=O) groups excluding carboxylic acids is 2. The first-order chi connectivity index (χ1) is 18.4. The second-order valence-electron chi connectivity index (χ2n) is 10.2. The van der Waals surface area contributed by atoms with E-state index in [1.165, 1.54) is 0 Å². The zero-order chi connectivity index (χ0) is 26.6. The first-order valence-electron chi connectivity index (χ1n) is 13.2. The van der Waals surface area contributed by atoms with Gasteiger partial charge in [0.25, 0.3) is 0 Å².